The SMILES string of the molecule is CCC(Nc1ccc(C(F)(F)F)cc1Cl)c1cccs1. The van der Waals surface area contributed by atoms with Gasteiger partial charge in [0.2, 0.25) is 0 Å². The van der Waals surface area contributed by atoms with E-state index in [2.05, 4.69) is 5.32 Å². The van der Waals surface area contributed by atoms with Crippen molar-refractivity contribution in [3.63, 3.8) is 0 Å². The minimum absolute atomic E-state index is 0.0456. The molecule has 1 atom stereocenters. The van der Waals surface area contributed by atoms with Gasteiger partial charge < -0.3 is 5.32 Å². The Morgan fingerprint density at radius 3 is 2.55 bits per heavy atom. The molecule has 0 aliphatic rings. The summed E-state index contributed by atoms with van der Waals surface area (Å²) in [5.74, 6) is 0. The molecule has 2 aromatic rings. The second-order valence-corrected chi connectivity index (χ2v) is 5.70. The molecule has 0 bridgehead atoms. The highest BCUT2D eigenvalue weighted by Gasteiger charge is 2.31. The number of anilines is 1. The quantitative estimate of drug-likeness (QED) is 0.730. The van der Waals surface area contributed by atoms with Crippen molar-refractivity contribution in [2.24, 2.45) is 0 Å². The van der Waals surface area contributed by atoms with E-state index in [0.29, 0.717) is 5.69 Å². The molecule has 0 fully saturated rings. The fourth-order valence-electron chi connectivity index (χ4n) is 1.86. The fraction of sp³-hybridized carbons (Fsp3) is 0.286. The van der Waals surface area contributed by atoms with Crippen molar-refractivity contribution in [3.05, 3.63) is 51.2 Å². The van der Waals surface area contributed by atoms with Crippen LogP contribution in [0.25, 0.3) is 0 Å². The molecule has 1 unspecified atom stereocenters. The number of hydrogen-bond donors (Lipinski definition) is 1. The first-order chi connectivity index (χ1) is 9.41. The maximum absolute atomic E-state index is 12.6. The van der Waals surface area contributed by atoms with Crippen molar-refractivity contribution in [2.45, 2.75) is 25.6 Å². The fourth-order valence-corrected chi connectivity index (χ4v) is 2.96. The minimum atomic E-state index is -4.37. The summed E-state index contributed by atoms with van der Waals surface area (Å²) >= 11 is 7.54. The Balaban J connectivity index is 2.21. The Labute approximate surface area is 124 Å². The Bertz CT molecular complexity index is 566. The van der Waals surface area contributed by atoms with Crippen LogP contribution in [-0.4, -0.2) is 0 Å². The van der Waals surface area contributed by atoms with E-state index in [1.807, 2.05) is 24.4 Å². The van der Waals surface area contributed by atoms with Gasteiger partial charge in [0.05, 0.1) is 22.3 Å². The monoisotopic (exact) mass is 319 g/mol. The Kier molecular flexibility index (Phi) is 4.60. The highest BCUT2D eigenvalue weighted by molar-refractivity contribution is 7.10. The summed E-state index contributed by atoms with van der Waals surface area (Å²) in [5, 5.41) is 5.23. The molecule has 0 aliphatic heterocycles. The van der Waals surface area contributed by atoms with Crippen molar-refractivity contribution in [1.29, 1.82) is 0 Å². The molecular formula is C14H13ClF3NS. The number of rotatable bonds is 4. The first-order valence-electron chi connectivity index (χ1n) is 6.08. The van der Waals surface area contributed by atoms with Gasteiger partial charge in [-0.15, -0.1) is 11.3 Å². The molecule has 1 N–H and O–H groups in total. The molecule has 0 amide bonds. The van der Waals surface area contributed by atoms with Crippen LogP contribution in [0, 0.1) is 0 Å². The van der Waals surface area contributed by atoms with Crippen molar-refractivity contribution in [3.8, 4) is 0 Å². The lowest BCUT2D eigenvalue weighted by atomic mass is 10.1. The molecule has 1 aromatic heterocycles. The number of nitrogens with one attached hydrogen (secondary N) is 1. The molecule has 20 heavy (non-hydrogen) atoms. The summed E-state index contributed by atoms with van der Waals surface area (Å²) in [6.45, 7) is 2.01. The standard InChI is InChI=1S/C14H13ClF3NS/c1-2-11(13-4-3-7-20-13)19-12-6-5-9(8-10(12)15)14(16,17)18/h3-8,11,19H,2H2,1H3. The van der Waals surface area contributed by atoms with Gasteiger partial charge in [0.15, 0.2) is 0 Å². The molecule has 2 rings (SSSR count). The predicted molar refractivity (Wildman–Crippen MR) is 77.4 cm³/mol. The average Bonchev–Trinajstić information content (AvgIpc) is 2.90. The predicted octanol–water partition coefficient (Wildman–Crippen LogP) is 5.98. The van der Waals surface area contributed by atoms with E-state index >= 15 is 0 Å². The zero-order chi connectivity index (χ0) is 14.8. The number of alkyl halides is 3. The number of thiophene rings is 1. The highest BCUT2D eigenvalue weighted by Crippen LogP contribution is 2.35. The first kappa shape index (κ1) is 15.2. The van der Waals surface area contributed by atoms with Gasteiger partial charge in [-0.1, -0.05) is 24.6 Å². The second-order valence-electron chi connectivity index (χ2n) is 4.31. The summed E-state index contributed by atoms with van der Waals surface area (Å²) < 4.78 is 37.7. The van der Waals surface area contributed by atoms with E-state index in [-0.39, 0.29) is 11.1 Å². The third kappa shape index (κ3) is 3.46. The summed E-state index contributed by atoms with van der Waals surface area (Å²) in [4.78, 5) is 1.13. The second kappa shape index (κ2) is 6.06. The van der Waals surface area contributed by atoms with Gasteiger partial charge >= 0.3 is 6.18 Å². The van der Waals surface area contributed by atoms with E-state index in [1.165, 1.54) is 6.07 Å². The van der Waals surface area contributed by atoms with E-state index < -0.39 is 11.7 Å². The van der Waals surface area contributed by atoms with Crippen LogP contribution in [0.5, 0.6) is 0 Å². The molecule has 1 aromatic carbocycles. The minimum Gasteiger partial charge on any atom is -0.376 e. The van der Waals surface area contributed by atoms with Crippen LogP contribution in [0.3, 0.4) is 0 Å². The van der Waals surface area contributed by atoms with Crippen molar-refractivity contribution >= 4 is 28.6 Å². The molecule has 108 valence electrons. The number of benzene rings is 1. The maximum Gasteiger partial charge on any atom is 0.416 e. The molecule has 1 heterocycles. The van der Waals surface area contributed by atoms with Crippen LogP contribution in [0.2, 0.25) is 5.02 Å². The summed E-state index contributed by atoms with van der Waals surface area (Å²) in [7, 11) is 0. The third-order valence-electron chi connectivity index (χ3n) is 2.92. The summed E-state index contributed by atoms with van der Waals surface area (Å²) in [6, 6.07) is 7.34. The zero-order valence-electron chi connectivity index (χ0n) is 10.7. The molecule has 1 nitrogen and oxygen atoms in total. The zero-order valence-corrected chi connectivity index (χ0v) is 12.2. The van der Waals surface area contributed by atoms with Crippen molar-refractivity contribution in [1.82, 2.24) is 0 Å². The smallest absolute Gasteiger partial charge is 0.376 e. The largest absolute Gasteiger partial charge is 0.416 e. The van der Waals surface area contributed by atoms with Gasteiger partial charge in [0.25, 0.3) is 0 Å². The summed E-state index contributed by atoms with van der Waals surface area (Å²) in [5.41, 5.74) is -0.225. The average molecular weight is 320 g/mol. The highest BCUT2D eigenvalue weighted by atomic mass is 35.5. The molecule has 0 spiro atoms. The molecule has 0 aliphatic carbocycles. The molecular weight excluding hydrogens is 307 g/mol. The van der Waals surface area contributed by atoms with Crippen molar-refractivity contribution < 1.29 is 13.2 Å². The topological polar surface area (TPSA) is 12.0 Å². The lowest BCUT2D eigenvalue weighted by Crippen LogP contribution is -2.10. The van der Waals surface area contributed by atoms with Gasteiger partial charge in [-0.3, -0.25) is 0 Å². The lowest BCUT2D eigenvalue weighted by Gasteiger charge is -2.18. The Hall–Kier alpha value is -1.20. The third-order valence-corrected chi connectivity index (χ3v) is 4.22. The first-order valence-corrected chi connectivity index (χ1v) is 7.34. The van der Waals surface area contributed by atoms with Crippen LogP contribution < -0.4 is 5.32 Å². The van der Waals surface area contributed by atoms with E-state index in [0.717, 1.165) is 23.4 Å². The van der Waals surface area contributed by atoms with Gasteiger partial charge in [0.1, 0.15) is 0 Å². The number of hydrogen-bond acceptors (Lipinski definition) is 2. The molecule has 0 radical (unpaired) electrons. The van der Waals surface area contributed by atoms with E-state index in [1.54, 1.807) is 11.3 Å². The molecule has 0 saturated heterocycles. The van der Waals surface area contributed by atoms with E-state index in [9.17, 15) is 13.2 Å². The van der Waals surface area contributed by atoms with Gasteiger partial charge in [-0.2, -0.15) is 13.2 Å². The molecule has 0 saturated carbocycles. The lowest BCUT2D eigenvalue weighted by molar-refractivity contribution is -0.137. The number of halogens is 4. The Morgan fingerprint density at radius 1 is 1.30 bits per heavy atom. The Morgan fingerprint density at radius 2 is 2.05 bits per heavy atom. The van der Waals surface area contributed by atoms with Gasteiger partial charge in [0, 0.05) is 4.88 Å². The summed E-state index contributed by atoms with van der Waals surface area (Å²) in [6.07, 6.45) is -3.56. The van der Waals surface area contributed by atoms with Crippen LogP contribution in [0.4, 0.5) is 18.9 Å². The van der Waals surface area contributed by atoms with E-state index in [4.69, 9.17) is 11.6 Å². The molecule has 6 heteroatoms. The normalized spacial score (nSPS) is 13.2. The van der Waals surface area contributed by atoms with Crippen LogP contribution >= 0.6 is 22.9 Å². The van der Waals surface area contributed by atoms with Crippen LogP contribution in [-0.2, 0) is 6.18 Å². The van der Waals surface area contributed by atoms with Gasteiger partial charge in [-0.05, 0) is 36.1 Å². The van der Waals surface area contributed by atoms with Crippen molar-refractivity contribution in [2.75, 3.05) is 5.32 Å². The van der Waals surface area contributed by atoms with Crippen LogP contribution in [0.15, 0.2) is 35.7 Å². The van der Waals surface area contributed by atoms with Crippen LogP contribution in [0.1, 0.15) is 29.8 Å². The maximum atomic E-state index is 12.6. The van der Waals surface area contributed by atoms with Gasteiger partial charge in [-0.25, -0.2) is 0 Å².